The second-order valence-electron chi connectivity index (χ2n) is 6.74. The second-order valence-corrected chi connectivity index (χ2v) is 6.74. The van der Waals surface area contributed by atoms with E-state index in [1.807, 2.05) is 31.2 Å². The van der Waals surface area contributed by atoms with Gasteiger partial charge in [0.05, 0.1) is 25.7 Å². The number of ether oxygens (including phenoxy) is 3. The number of amides is 1. The van der Waals surface area contributed by atoms with Crippen molar-refractivity contribution in [3.63, 3.8) is 0 Å². The van der Waals surface area contributed by atoms with Crippen LogP contribution in [0.15, 0.2) is 42.5 Å². The van der Waals surface area contributed by atoms with Crippen molar-refractivity contribution in [2.45, 2.75) is 19.8 Å². The SMILES string of the molecule is CCOc1ccc(CC(CNC(=O)c2ccc3c(c2)OCCCO3)C(=O)O)cc1. The zero-order valence-electron chi connectivity index (χ0n) is 16.3. The van der Waals surface area contributed by atoms with E-state index in [9.17, 15) is 14.7 Å². The molecule has 1 unspecified atom stereocenters. The smallest absolute Gasteiger partial charge is 0.308 e. The first-order chi connectivity index (χ1) is 14.1. The third-order valence-corrected chi connectivity index (χ3v) is 4.58. The Balaban J connectivity index is 1.60. The molecule has 2 N–H and O–H groups in total. The highest BCUT2D eigenvalue weighted by molar-refractivity contribution is 5.95. The number of carboxylic acids is 1. The lowest BCUT2D eigenvalue weighted by Gasteiger charge is -2.15. The average Bonchev–Trinajstić information content (AvgIpc) is 2.97. The van der Waals surface area contributed by atoms with Gasteiger partial charge in [-0.15, -0.1) is 0 Å². The standard InChI is InChI=1S/C22H25NO6/c1-2-27-18-7-4-15(5-8-18)12-17(22(25)26)14-23-21(24)16-6-9-19-20(13-16)29-11-3-10-28-19/h4-9,13,17H,2-3,10-12,14H2,1H3,(H,23,24)(H,25,26). The van der Waals surface area contributed by atoms with Gasteiger partial charge in [0.1, 0.15) is 5.75 Å². The Bertz CT molecular complexity index is 849. The Morgan fingerprint density at radius 1 is 1.10 bits per heavy atom. The largest absolute Gasteiger partial charge is 0.494 e. The minimum atomic E-state index is -0.960. The predicted octanol–water partition coefficient (Wildman–Crippen LogP) is 2.92. The lowest BCUT2D eigenvalue weighted by atomic mass is 9.99. The highest BCUT2D eigenvalue weighted by Gasteiger charge is 2.20. The lowest BCUT2D eigenvalue weighted by molar-refractivity contribution is -0.141. The van der Waals surface area contributed by atoms with E-state index in [1.165, 1.54) is 0 Å². The Hall–Kier alpha value is -3.22. The van der Waals surface area contributed by atoms with Crippen LogP contribution in [0.3, 0.4) is 0 Å². The molecular weight excluding hydrogens is 374 g/mol. The summed E-state index contributed by atoms with van der Waals surface area (Å²) < 4.78 is 16.6. The molecule has 1 amide bonds. The fraction of sp³-hybridized carbons (Fsp3) is 0.364. The van der Waals surface area contributed by atoms with Crippen LogP contribution < -0.4 is 19.5 Å². The van der Waals surface area contributed by atoms with Gasteiger partial charge in [-0.2, -0.15) is 0 Å². The number of hydrogen-bond donors (Lipinski definition) is 2. The van der Waals surface area contributed by atoms with Crippen molar-refractivity contribution in [1.29, 1.82) is 0 Å². The number of benzene rings is 2. The minimum absolute atomic E-state index is 0.0236. The van der Waals surface area contributed by atoms with E-state index >= 15 is 0 Å². The van der Waals surface area contributed by atoms with Crippen LogP contribution in [0, 0.1) is 5.92 Å². The summed E-state index contributed by atoms with van der Waals surface area (Å²) in [6.45, 7) is 3.60. The molecule has 1 atom stereocenters. The summed E-state index contributed by atoms with van der Waals surface area (Å²) in [5, 5.41) is 12.2. The molecule has 1 aliphatic rings. The molecular formula is C22H25NO6. The zero-order valence-corrected chi connectivity index (χ0v) is 16.3. The molecule has 1 aliphatic heterocycles. The Morgan fingerprint density at radius 2 is 1.83 bits per heavy atom. The van der Waals surface area contributed by atoms with Gasteiger partial charge in [-0.1, -0.05) is 12.1 Å². The van der Waals surface area contributed by atoms with Crippen LogP contribution in [0.2, 0.25) is 0 Å². The molecule has 7 heteroatoms. The highest BCUT2D eigenvalue weighted by Crippen LogP contribution is 2.30. The fourth-order valence-electron chi connectivity index (χ4n) is 3.04. The number of carbonyl (C=O) groups is 2. The van der Waals surface area contributed by atoms with Crippen LogP contribution in [0.1, 0.15) is 29.3 Å². The van der Waals surface area contributed by atoms with Gasteiger partial charge in [0, 0.05) is 18.5 Å². The van der Waals surface area contributed by atoms with Crippen LogP contribution in [-0.4, -0.2) is 43.3 Å². The third kappa shape index (κ3) is 5.63. The average molecular weight is 399 g/mol. The molecule has 2 aromatic rings. The van der Waals surface area contributed by atoms with Crippen molar-refractivity contribution in [3.8, 4) is 17.2 Å². The summed E-state index contributed by atoms with van der Waals surface area (Å²) >= 11 is 0. The first-order valence-electron chi connectivity index (χ1n) is 9.69. The molecule has 0 spiro atoms. The van der Waals surface area contributed by atoms with Gasteiger partial charge in [0.25, 0.3) is 5.91 Å². The summed E-state index contributed by atoms with van der Waals surface area (Å²) in [7, 11) is 0. The number of hydrogen-bond acceptors (Lipinski definition) is 5. The van der Waals surface area contributed by atoms with Gasteiger partial charge in [-0.05, 0) is 49.2 Å². The van der Waals surface area contributed by atoms with Crippen molar-refractivity contribution >= 4 is 11.9 Å². The second kappa shape index (κ2) is 9.82. The van der Waals surface area contributed by atoms with Crippen molar-refractivity contribution in [1.82, 2.24) is 5.32 Å². The highest BCUT2D eigenvalue weighted by atomic mass is 16.5. The topological polar surface area (TPSA) is 94.1 Å². The van der Waals surface area contributed by atoms with E-state index in [-0.39, 0.29) is 12.5 Å². The van der Waals surface area contributed by atoms with E-state index in [0.29, 0.717) is 43.3 Å². The fourth-order valence-corrected chi connectivity index (χ4v) is 3.04. The van der Waals surface area contributed by atoms with Gasteiger partial charge >= 0.3 is 5.97 Å². The lowest BCUT2D eigenvalue weighted by Crippen LogP contribution is -2.34. The molecule has 0 saturated heterocycles. The summed E-state index contributed by atoms with van der Waals surface area (Å²) in [5.74, 6) is -0.170. The molecule has 1 heterocycles. The molecule has 0 aromatic heterocycles. The zero-order chi connectivity index (χ0) is 20.6. The monoisotopic (exact) mass is 399 g/mol. The quantitative estimate of drug-likeness (QED) is 0.709. The number of aliphatic carboxylic acids is 1. The van der Waals surface area contributed by atoms with Gasteiger partial charge in [-0.3, -0.25) is 9.59 Å². The van der Waals surface area contributed by atoms with E-state index in [4.69, 9.17) is 14.2 Å². The first kappa shape index (κ1) is 20.5. The van der Waals surface area contributed by atoms with Gasteiger partial charge in [0.15, 0.2) is 11.5 Å². The van der Waals surface area contributed by atoms with Crippen molar-refractivity contribution in [3.05, 3.63) is 53.6 Å². The van der Waals surface area contributed by atoms with Crippen molar-refractivity contribution < 1.29 is 28.9 Å². The number of carbonyl (C=O) groups excluding carboxylic acids is 1. The molecule has 29 heavy (non-hydrogen) atoms. The van der Waals surface area contributed by atoms with Gasteiger partial charge < -0.3 is 24.6 Å². The van der Waals surface area contributed by atoms with Crippen LogP contribution in [0.25, 0.3) is 0 Å². The van der Waals surface area contributed by atoms with E-state index in [2.05, 4.69) is 5.32 Å². The van der Waals surface area contributed by atoms with Crippen LogP contribution >= 0.6 is 0 Å². The Labute approximate surface area is 169 Å². The van der Waals surface area contributed by atoms with E-state index in [1.54, 1.807) is 18.2 Å². The third-order valence-electron chi connectivity index (χ3n) is 4.58. The summed E-state index contributed by atoms with van der Waals surface area (Å²) in [5.41, 5.74) is 1.27. The first-order valence-corrected chi connectivity index (χ1v) is 9.69. The van der Waals surface area contributed by atoms with E-state index < -0.39 is 11.9 Å². The molecule has 0 fully saturated rings. The molecule has 2 aromatic carbocycles. The summed E-state index contributed by atoms with van der Waals surface area (Å²) in [6, 6.07) is 12.3. The summed E-state index contributed by atoms with van der Waals surface area (Å²) in [6.07, 6.45) is 1.09. The molecule has 0 aliphatic carbocycles. The predicted molar refractivity (Wildman–Crippen MR) is 107 cm³/mol. The number of fused-ring (bicyclic) bond motifs is 1. The molecule has 7 nitrogen and oxygen atoms in total. The summed E-state index contributed by atoms with van der Waals surface area (Å²) in [4.78, 5) is 24.1. The van der Waals surface area contributed by atoms with Crippen molar-refractivity contribution in [2.75, 3.05) is 26.4 Å². The maximum absolute atomic E-state index is 12.5. The minimum Gasteiger partial charge on any atom is -0.494 e. The normalized spacial score (nSPS) is 13.8. The molecule has 0 bridgehead atoms. The van der Waals surface area contributed by atoms with Gasteiger partial charge in [-0.25, -0.2) is 0 Å². The Morgan fingerprint density at radius 3 is 2.52 bits per heavy atom. The number of rotatable bonds is 8. The molecule has 154 valence electrons. The Kier molecular flexibility index (Phi) is 6.94. The molecule has 0 radical (unpaired) electrons. The van der Waals surface area contributed by atoms with Crippen molar-refractivity contribution in [2.24, 2.45) is 5.92 Å². The number of carboxylic acid groups (broad SMARTS) is 1. The van der Waals surface area contributed by atoms with Crippen LogP contribution in [0.4, 0.5) is 0 Å². The maximum Gasteiger partial charge on any atom is 0.308 e. The number of nitrogens with one attached hydrogen (secondary N) is 1. The van der Waals surface area contributed by atoms with Crippen LogP contribution in [-0.2, 0) is 11.2 Å². The molecule has 3 rings (SSSR count). The van der Waals surface area contributed by atoms with E-state index in [0.717, 1.165) is 17.7 Å². The van der Waals surface area contributed by atoms with Crippen LogP contribution in [0.5, 0.6) is 17.2 Å². The van der Waals surface area contributed by atoms with Gasteiger partial charge in [0.2, 0.25) is 0 Å². The molecule has 0 saturated carbocycles. The maximum atomic E-state index is 12.5.